The smallest absolute Gasteiger partial charge is 0.244 e. The van der Waals surface area contributed by atoms with Gasteiger partial charge in [-0.2, -0.15) is 4.31 Å². The molecule has 0 amide bonds. The summed E-state index contributed by atoms with van der Waals surface area (Å²) in [6.45, 7) is 3.88. The van der Waals surface area contributed by atoms with Crippen LogP contribution in [0.5, 0.6) is 0 Å². The van der Waals surface area contributed by atoms with Crippen LogP contribution in [0.1, 0.15) is 24.1 Å². The second-order valence-electron chi connectivity index (χ2n) is 6.17. The van der Waals surface area contributed by atoms with Crippen molar-refractivity contribution in [3.05, 3.63) is 75.8 Å². The first-order chi connectivity index (χ1) is 11.8. The van der Waals surface area contributed by atoms with E-state index in [1.54, 1.807) is 55.5 Å². The van der Waals surface area contributed by atoms with Crippen LogP contribution in [0.3, 0.4) is 0 Å². The highest BCUT2D eigenvalue weighted by atomic mass is 35.5. The highest BCUT2D eigenvalue weighted by Crippen LogP contribution is 2.39. The molecule has 0 saturated carbocycles. The lowest BCUT2D eigenvalue weighted by Crippen LogP contribution is -2.32. The van der Waals surface area contributed by atoms with Gasteiger partial charge in [-0.15, -0.1) is 0 Å². The predicted molar refractivity (Wildman–Crippen MR) is 98.0 cm³/mol. The number of nitrogens with zero attached hydrogens (tertiary/aromatic N) is 1. The SMILES string of the molecule is CC1=C(C=O)[C@@H](c2ccc(Cl)cc2)N(S(=O)(=O)c2ccc(C)cc2)C1. The fraction of sp³-hybridized carbons (Fsp3) is 0.211. The molecule has 1 heterocycles. The Bertz CT molecular complexity index is 932. The summed E-state index contributed by atoms with van der Waals surface area (Å²) < 4.78 is 27.7. The largest absolute Gasteiger partial charge is 0.298 e. The van der Waals surface area contributed by atoms with Crippen molar-refractivity contribution in [2.24, 2.45) is 0 Å². The van der Waals surface area contributed by atoms with E-state index in [9.17, 15) is 13.2 Å². The van der Waals surface area contributed by atoms with E-state index in [2.05, 4.69) is 0 Å². The first-order valence-corrected chi connectivity index (χ1v) is 9.65. The van der Waals surface area contributed by atoms with Gasteiger partial charge in [-0.25, -0.2) is 8.42 Å². The zero-order chi connectivity index (χ0) is 18.2. The summed E-state index contributed by atoms with van der Waals surface area (Å²) in [7, 11) is -3.74. The van der Waals surface area contributed by atoms with Crippen molar-refractivity contribution in [2.45, 2.75) is 24.8 Å². The number of hydrogen-bond acceptors (Lipinski definition) is 3. The second-order valence-corrected chi connectivity index (χ2v) is 8.50. The average molecular weight is 376 g/mol. The van der Waals surface area contributed by atoms with Gasteiger partial charge in [-0.1, -0.05) is 41.4 Å². The molecule has 0 N–H and O–H groups in total. The van der Waals surface area contributed by atoms with E-state index in [4.69, 9.17) is 11.6 Å². The summed E-state index contributed by atoms with van der Waals surface area (Å²) in [5.74, 6) is 0. The third-order valence-corrected chi connectivity index (χ3v) is 6.49. The molecule has 0 bridgehead atoms. The fourth-order valence-corrected chi connectivity index (χ4v) is 4.78. The molecule has 0 unspecified atom stereocenters. The van der Waals surface area contributed by atoms with Crippen LogP contribution in [0.25, 0.3) is 0 Å². The first kappa shape index (κ1) is 17.9. The minimum Gasteiger partial charge on any atom is -0.298 e. The molecule has 0 radical (unpaired) electrons. The van der Waals surface area contributed by atoms with Crippen LogP contribution in [-0.2, 0) is 14.8 Å². The molecular weight excluding hydrogens is 358 g/mol. The summed E-state index contributed by atoms with van der Waals surface area (Å²) >= 11 is 5.94. The maximum Gasteiger partial charge on any atom is 0.244 e. The molecule has 2 aromatic carbocycles. The van der Waals surface area contributed by atoms with Gasteiger partial charge in [0.1, 0.15) is 6.29 Å². The lowest BCUT2D eigenvalue weighted by Gasteiger charge is -2.26. The van der Waals surface area contributed by atoms with Gasteiger partial charge in [-0.05, 0) is 49.2 Å². The van der Waals surface area contributed by atoms with Crippen LogP contribution in [-0.4, -0.2) is 25.6 Å². The lowest BCUT2D eigenvalue weighted by molar-refractivity contribution is -0.105. The number of aryl methyl sites for hydroxylation is 1. The standard InChI is InChI=1S/C19H18ClNO3S/c1-13-3-9-17(10-4-13)25(23,24)21-11-14(2)18(12-22)19(21)15-5-7-16(20)8-6-15/h3-10,12,19H,11H2,1-2H3/t19-/m1/s1. The molecule has 6 heteroatoms. The number of benzene rings is 2. The van der Waals surface area contributed by atoms with Crippen molar-refractivity contribution >= 4 is 27.9 Å². The molecule has 3 rings (SSSR count). The molecule has 1 aliphatic heterocycles. The molecular formula is C19H18ClNO3S. The van der Waals surface area contributed by atoms with Gasteiger partial charge in [-0.3, -0.25) is 4.79 Å². The second kappa shape index (κ2) is 6.75. The number of halogens is 1. The van der Waals surface area contributed by atoms with Crippen LogP contribution >= 0.6 is 11.6 Å². The van der Waals surface area contributed by atoms with Crippen molar-refractivity contribution in [1.29, 1.82) is 0 Å². The van der Waals surface area contributed by atoms with Gasteiger partial charge in [0.15, 0.2) is 0 Å². The zero-order valence-electron chi connectivity index (χ0n) is 13.9. The summed E-state index contributed by atoms with van der Waals surface area (Å²) in [5.41, 5.74) is 2.94. The molecule has 25 heavy (non-hydrogen) atoms. The zero-order valence-corrected chi connectivity index (χ0v) is 15.5. The third kappa shape index (κ3) is 3.27. The van der Waals surface area contributed by atoms with Gasteiger partial charge in [0.2, 0.25) is 10.0 Å². The molecule has 0 saturated heterocycles. The summed E-state index contributed by atoms with van der Waals surface area (Å²) in [6, 6.07) is 13.0. The van der Waals surface area contributed by atoms with E-state index < -0.39 is 16.1 Å². The number of rotatable bonds is 4. The van der Waals surface area contributed by atoms with Crippen LogP contribution < -0.4 is 0 Å². The van der Waals surface area contributed by atoms with Crippen molar-refractivity contribution in [3.8, 4) is 0 Å². The number of hydrogen-bond donors (Lipinski definition) is 0. The molecule has 1 atom stereocenters. The van der Waals surface area contributed by atoms with Gasteiger partial charge >= 0.3 is 0 Å². The number of carbonyl (C=O) groups excluding carboxylic acids is 1. The van der Waals surface area contributed by atoms with E-state index in [1.165, 1.54) is 4.31 Å². The van der Waals surface area contributed by atoms with Gasteiger partial charge in [0.05, 0.1) is 10.9 Å². The van der Waals surface area contributed by atoms with Crippen LogP contribution in [0.4, 0.5) is 0 Å². The molecule has 1 aliphatic rings. The Morgan fingerprint density at radius 2 is 1.64 bits per heavy atom. The number of carbonyl (C=O) groups is 1. The minimum absolute atomic E-state index is 0.192. The molecule has 0 spiro atoms. The first-order valence-electron chi connectivity index (χ1n) is 7.83. The van der Waals surface area contributed by atoms with E-state index in [-0.39, 0.29) is 11.4 Å². The van der Waals surface area contributed by atoms with Crippen LogP contribution in [0.2, 0.25) is 5.02 Å². The Labute approximate surface area is 152 Å². The molecule has 4 nitrogen and oxygen atoms in total. The Morgan fingerprint density at radius 1 is 1.04 bits per heavy atom. The molecule has 0 aliphatic carbocycles. The Morgan fingerprint density at radius 3 is 2.20 bits per heavy atom. The summed E-state index contributed by atoms with van der Waals surface area (Å²) in [6.07, 6.45) is 0.749. The summed E-state index contributed by atoms with van der Waals surface area (Å²) in [5, 5.41) is 0.558. The highest BCUT2D eigenvalue weighted by molar-refractivity contribution is 7.89. The molecule has 0 fully saturated rings. The minimum atomic E-state index is -3.74. The van der Waals surface area contributed by atoms with E-state index >= 15 is 0 Å². The maximum absolute atomic E-state index is 13.2. The Balaban J connectivity index is 2.09. The van der Waals surface area contributed by atoms with E-state index in [0.29, 0.717) is 10.6 Å². The van der Waals surface area contributed by atoms with Gasteiger partial charge < -0.3 is 0 Å². The maximum atomic E-state index is 13.2. The highest BCUT2D eigenvalue weighted by Gasteiger charge is 2.40. The van der Waals surface area contributed by atoms with Crippen molar-refractivity contribution in [3.63, 3.8) is 0 Å². The quantitative estimate of drug-likeness (QED) is 0.761. The van der Waals surface area contributed by atoms with E-state index in [0.717, 1.165) is 23.0 Å². The number of sulfonamides is 1. The molecule has 0 aromatic heterocycles. The summed E-state index contributed by atoms with van der Waals surface area (Å²) in [4.78, 5) is 11.8. The van der Waals surface area contributed by atoms with E-state index in [1.807, 2.05) is 6.92 Å². The van der Waals surface area contributed by atoms with Gasteiger partial charge in [0.25, 0.3) is 0 Å². The topological polar surface area (TPSA) is 54.5 Å². The van der Waals surface area contributed by atoms with Crippen molar-refractivity contribution in [1.82, 2.24) is 4.31 Å². The van der Waals surface area contributed by atoms with Crippen LogP contribution in [0.15, 0.2) is 64.6 Å². The van der Waals surface area contributed by atoms with Gasteiger partial charge in [0, 0.05) is 17.1 Å². The Kier molecular flexibility index (Phi) is 4.82. The molecule has 2 aromatic rings. The number of aldehydes is 1. The monoisotopic (exact) mass is 375 g/mol. The van der Waals surface area contributed by atoms with Crippen molar-refractivity contribution < 1.29 is 13.2 Å². The van der Waals surface area contributed by atoms with Crippen molar-refractivity contribution in [2.75, 3.05) is 6.54 Å². The predicted octanol–water partition coefficient (Wildman–Crippen LogP) is 3.91. The fourth-order valence-electron chi connectivity index (χ4n) is 3.03. The third-order valence-electron chi connectivity index (χ3n) is 4.41. The lowest BCUT2D eigenvalue weighted by atomic mass is 10.00. The normalized spacial score (nSPS) is 18.6. The Hall–Kier alpha value is -1.95. The molecule has 130 valence electrons. The van der Waals surface area contributed by atoms with Crippen LogP contribution in [0, 0.1) is 6.92 Å². The average Bonchev–Trinajstić information content (AvgIpc) is 2.93.